The van der Waals surface area contributed by atoms with Crippen LogP contribution in [0.2, 0.25) is 0 Å². The quantitative estimate of drug-likeness (QED) is 0.868. The van der Waals surface area contributed by atoms with Crippen LogP contribution in [0.5, 0.6) is 0 Å². The molecular weight excluding hydrogens is 234 g/mol. The Morgan fingerprint density at radius 1 is 1.33 bits per heavy atom. The number of rotatable bonds is 5. The van der Waals surface area contributed by atoms with Gasteiger partial charge in [0.15, 0.2) is 0 Å². The van der Waals surface area contributed by atoms with E-state index in [0.717, 1.165) is 26.1 Å². The van der Waals surface area contributed by atoms with Gasteiger partial charge in [-0.3, -0.25) is 4.90 Å². The van der Waals surface area contributed by atoms with E-state index >= 15 is 0 Å². The van der Waals surface area contributed by atoms with E-state index in [-0.39, 0.29) is 6.04 Å². The fourth-order valence-corrected chi connectivity index (χ4v) is 2.40. The summed E-state index contributed by atoms with van der Waals surface area (Å²) in [5.41, 5.74) is 1.28. The van der Waals surface area contributed by atoms with Gasteiger partial charge in [-0.2, -0.15) is 0 Å². The third-order valence-corrected chi connectivity index (χ3v) is 3.40. The monoisotopic (exact) mass is 254 g/mol. The van der Waals surface area contributed by atoms with Gasteiger partial charge in [0.05, 0.1) is 6.04 Å². The average molecular weight is 254 g/mol. The van der Waals surface area contributed by atoms with Gasteiger partial charge in [0.1, 0.15) is 0 Å². The van der Waals surface area contributed by atoms with Gasteiger partial charge in [-0.05, 0) is 18.9 Å². The van der Waals surface area contributed by atoms with E-state index < -0.39 is 12.5 Å². The second kappa shape index (κ2) is 6.25. The highest BCUT2D eigenvalue weighted by Crippen LogP contribution is 2.14. The number of halogens is 2. The molecular formula is C14H20F2N2. The van der Waals surface area contributed by atoms with Crippen LogP contribution in [0.25, 0.3) is 0 Å². The highest BCUT2D eigenvalue weighted by atomic mass is 19.3. The second-order valence-corrected chi connectivity index (χ2v) is 5.00. The van der Waals surface area contributed by atoms with E-state index in [2.05, 4.69) is 22.3 Å². The molecule has 4 heteroatoms. The van der Waals surface area contributed by atoms with Gasteiger partial charge in [-0.15, -0.1) is 0 Å². The minimum atomic E-state index is -2.28. The second-order valence-electron chi connectivity index (χ2n) is 5.00. The van der Waals surface area contributed by atoms with Crippen LogP contribution in [0.1, 0.15) is 18.9 Å². The number of benzene rings is 1. The molecule has 2 atom stereocenters. The Balaban J connectivity index is 1.78. The van der Waals surface area contributed by atoms with E-state index in [4.69, 9.17) is 0 Å². The van der Waals surface area contributed by atoms with Crippen molar-refractivity contribution in [3.8, 4) is 0 Å². The molecule has 1 heterocycles. The zero-order valence-electron chi connectivity index (χ0n) is 10.7. The first kappa shape index (κ1) is 13.4. The maximum atomic E-state index is 12.4. The lowest BCUT2D eigenvalue weighted by molar-refractivity contribution is 0.100. The predicted molar refractivity (Wildman–Crippen MR) is 68.7 cm³/mol. The Kier molecular flexibility index (Phi) is 4.66. The maximum Gasteiger partial charge on any atom is 0.253 e. The molecule has 18 heavy (non-hydrogen) atoms. The molecule has 1 saturated heterocycles. The molecule has 2 rings (SSSR count). The molecule has 1 aliphatic rings. The summed E-state index contributed by atoms with van der Waals surface area (Å²) >= 11 is 0. The van der Waals surface area contributed by atoms with Crippen LogP contribution in [0.3, 0.4) is 0 Å². The summed E-state index contributed by atoms with van der Waals surface area (Å²) in [6, 6.07) is 9.73. The van der Waals surface area contributed by atoms with E-state index in [0.29, 0.717) is 0 Å². The van der Waals surface area contributed by atoms with Crippen LogP contribution in [-0.4, -0.2) is 36.5 Å². The number of hydrogen-bond donors (Lipinski definition) is 1. The lowest BCUT2D eigenvalue weighted by atomic mass is 10.2. The van der Waals surface area contributed by atoms with Gasteiger partial charge in [-0.25, -0.2) is 8.78 Å². The van der Waals surface area contributed by atoms with Crippen molar-refractivity contribution in [1.82, 2.24) is 10.2 Å². The van der Waals surface area contributed by atoms with Gasteiger partial charge < -0.3 is 5.32 Å². The molecule has 1 aliphatic heterocycles. The number of alkyl halides is 2. The zero-order valence-corrected chi connectivity index (χ0v) is 10.7. The SMILES string of the molecule is CC(NC1CCN(Cc2ccccc2)C1)C(F)F. The van der Waals surface area contributed by atoms with Gasteiger partial charge in [0, 0.05) is 25.7 Å². The number of hydrogen-bond acceptors (Lipinski definition) is 2. The van der Waals surface area contributed by atoms with Crippen LogP contribution >= 0.6 is 0 Å². The summed E-state index contributed by atoms with van der Waals surface area (Å²) in [7, 11) is 0. The largest absolute Gasteiger partial charge is 0.305 e. The molecule has 1 fully saturated rings. The van der Waals surface area contributed by atoms with Crippen molar-refractivity contribution in [2.45, 2.75) is 38.4 Å². The highest BCUT2D eigenvalue weighted by Gasteiger charge is 2.25. The van der Waals surface area contributed by atoms with E-state index in [1.807, 2.05) is 18.2 Å². The average Bonchev–Trinajstić information content (AvgIpc) is 2.77. The molecule has 0 bridgehead atoms. The number of nitrogens with zero attached hydrogens (tertiary/aromatic N) is 1. The summed E-state index contributed by atoms with van der Waals surface area (Å²) in [5, 5.41) is 3.00. The first-order valence-electron chi connectivity index (χ1n) is 6.45. The molecule has 0 saturated carbocycles. The van der Waals surface area contributed by atoms with Gasteiger partial charge in [0.2, 0.25) is 0 Å². The summed E-state index contributed by atoms with van der Waals surface area (Å²) in [4.78, 5) is 2.31. The molecule has 0 amide bonds. The normalized spacial score (nSPS) is 22.6. The molecule has 0 radical (unpaired) electrons. The maximum absolute atomic E-state index is 12.4. The molecule has 2 unspecified atom stereocenters. The van der Waals surface area contributed by atoms with Gasteiger partial charge in [0.25, 0.3) is 6.43 Å². The molecule has 0 aromatic heterocycles. The van der Waals surface area contributed by atoms with Gasteiger partial charge >= 0.3 is 0 Å². The van der Waals surface area contributed by atoms with Crippen LogP contribution < -0.4 is 5.32 Å². The van der Waals surface area contributed by atoms with Crippen LogP contribution in [0.15, 0.2) is 30.3 Å². The van der Waals surface area contributed by atoms with Crippen molar-refractivity contribution >= 4 is 0 Å². The standard InChI is InChI=1S/C14H20F2N2/c1-11(14(15)16)17-13-7-8-18(10-13)9-12-5-3-2-4-6-12/h2-6,11,13-14,17H,7-10H2,1H3. The minimum absolute atomic E-state index is 0.192. The third kappa shape index (κ3) is 3.75. The smallest absolute Gasteiger partial charge is 0.253 e. The molecule has 2 nitrogen and oxygen atoms in total. The summed E-state index contributed by atoms with van der Waals surface area (Å²) in [6.45, 7) is 4.28. The number of nitrogens with one attached hydrogen (secondary N) is 1. The fraction of sp³-hybridized carbons (Fsp3) is 0.571. The Bertz CT molecular complexity index is 356. The van der Waals surface area contributed by atoms with Crippen molar-refractivity contribution in [3.05, 3.63) is 35.9 Å². The Labute approximate surface area is 107 Å². The van der Waals surface area contributed by atoms with E-state index in [1.54, 1.807) is 6.92 Å². The van der Waals surface area contributed by atoms with E-state index in [1.165, 1.54) is 5.56 Å². The Morgan fingerprint density at radius 3 is 2.72 bits per heavy atom. The predicted octanol–water partition coefficient (Wildman–Crippen LogP) is 2.50. The van der Waals surface area contributed by atoms with Crippen molar-refractivity contribution in [2.75, 3.05) is 13.1 Å². The van der Waals surface area contributed by atoms with Crippen molar-refractivity contribution < 1.29 is 8.78 Å². The number of likely N-dealkylation sites (tertiary alicyclic amines) is 1. The van der Waals surface area contributed by atoms with Crippen molar-refractivity contribution in [1.29, 1.82) is 0 Å². The fourth-order valence-electron chi connectivity index (χ4n) is 2.40. The third-order valence-electron chi connectivity index (χ3n) is 3.40. The van der Waals surface area contributed by atoms with Crippen LogP contribution in [0, 0.1) is 0 Å². The van der Waals surface area contributed by atoms with E-state index in [9.17, 15) is 8.78 Å². The zero-order chi connectivity index (χ0) is 13.0. The summed E-state index contributed by atoms with van der Waals surface area (Å²) < 4.78 is 24.9. The van der Waals surface area contributed by atoms with Gasteiger partial charge in [-0.1, -0.05) is 30.3 Å². The van der Waals surface area contributed by atoms with Crippen LogP contribution in [-0.2, 0) is 6.54 Å². The first-order valence-corrected chi connectivity index (χ1v) is 6.45. The topological polar surface area (TPSA) is 15.3 Å². The molecule has 1 aromatic carbocycles. The highest BCUT2D eigenvalue weighted by molar-refractivity contribution is 5.14. The Morgan fingerprint density at radius 2 is 2.06 bits per heavy atom. The lowest BCUT2D eigenvalue weighted by Gasteiger charge is -2.20. The minimum Gasteiger partial charge on any atom is -0.305 e. The molecule has 0 aliphatic carbocycles. The molecule has 100 valence electrons. The molecule has 1 aromatic rings. The summed E-state index contributed by atoms with van der Waals surface area (Å²) in [6.07, 6.45) is -1.34. The van der Waals surface area contributed by atoms with Crippen molar-refractivity contribution in [2.24, 2.45) is 0 Å². The summed E-state index contributed by atoms with van der Waals surface area (Å²) in [5.74, 6) is 0. The molecule has 1 N–H and O–H groups in total. The van der Waals surface area contributed by atoms with Crippen LogP contribution in [0.4, 0.5) is 8.78 Å². The van der Waals surface area contributed by atoms with Crippen molar-refractivity contribution in [3.63, 3.8) is 0 Å². The molecule has 0 spiro atoms. The lowest BCUT2D eigenvalue weighted by Crippen LogP contribution is -2.42. The first-order chi connectivity index (χ1) is 8.65. The Hall–Kier alpha value is -1.00.